The van der Waals surface area contributed by atoms with E-state index < -0.39 is 0 Å². The van der Waals surface area contributed by atoms with E-state index in [4.69, 9.17) is 4.42 Å². The highest BCUT2D eigenvalue weighted by Crippen LogP contribution is 2.29. The molecule has 0 aliphatic carbocycles. The fourth-order valence-corrected chi connectivity index (χ4v) is 2.69. The maximum Gasteiger partial charge on any atom is 0.197 e. The zero-order valence-electron chi connectivity index (χ0n) is 10.0. The Morgan fingerprint density at radius 2 is 1.63 bits per heavy atom. The molecule has 0 saturated heterocycles. The Labute approximate surface area is 118 Å². The molecule has 0 bridgehead atoms. The fraction of sp³-hybridized carbons (Fsp3) is 0.0625. The van der Waals surface area contributed by atoms with E-state index in [0.29, 0.717) is 16.5 Å². The van der Waals surface area contributed by atoms with E-state index in [1.54, 1.807) is 12.1 Å². The Bertz CT molecular complexity index is 762. The molecule has 0 aliphatic rings. The Morgan fingerprint density at radius 1 is 0.947 bits per heavy atom. The van der Waals surface area contributed by atoms with E-state index >= 15 is 0 Å². The minimum Gasteiger partial charge on any atom is -0.464 e. The van der Waals surface area contributed by atoms with Crippen LogP contribution in [0.15, 0.2) is 70.1 Å². The van der Waals surface area contributed by atoms with Gasteiger partial charge in [-0.05, 0) is 17.7 Å². The first-order valence-electron chi connectivity index (χ1n) is 5.97. The lowest BCUT2D eigenvalue weighted by molar-refractivity contribution is 0.594. The van der Waals surface area contributed by atoms with Crippen LogP contribution >= 0.6 is 15.9 Å². The van der Waals surface area contributed by atoms with Crippen molar-refractivity contribution in [1.29, 1.82) is 0 Å². The lowest BCUT2D eigenvalue weighted by Gasteiger charge is -2.09. The van der Waals surface area contributed by atoms with Gasteiger partial charge >= 0.3 is 0 Å². The zero-order valence-corrected chi connectivity index (χ0v) is 11.6. The summed E-state index contributed by atoms with van der Waals surface area (Å²) in [4.78, 5) is 12.3. The molecule has 1 atom stereocenters. The maximum atomic E-state index is 12.5. The van der Waals surface area contributed by atoms with Crippen LogP contribution in [0.2, 0.25) is 0 Å². The highest BCUT2D eigenvalue weighted by atomic mass is 79.9. The first-order valence-corrected chi connectivity index (χ1v) is 6.88. The largest absolute Gasteiger partial charge is 0.464 e. The molecule has 0 fully saturated rings. The smallest absolute Gasteiger partial charge is 0.197 e. The summed E-state index contributed by atoms with van der Waals surface area (Å²) in [6.45, 7) is 0. The molecule has 0 N–H and O–H groups in total. The minimum atomic E-state index is -0.158. The average molecular weight is 315 g/mol. The summed E-state index contributed by atoms with van der Waals surface area (Å²) < 4.78 is 5.54. The van der Waals surface area contributed by atoms with Crippen molar-refractivity contribution in [2.75, 3.05) is 0 Å². The molecule has 2 nitrogen and oxygen atoms in total. The molecule has 0 amide bonds. The van der Waals surface area contributed by atoms with Gasteiger partial charge in [0.05, 0.1) is 22.0 Å². The molecule has 0 spiro atoms. The van der Waals surface area contributed by atoms with E-state index in [1.807, 2.05) is 42.5 Å². The van der Waals surface area contributed by atoms with Gasteiger partial charge in [0.25, 0.3) is 0 Å². The first kappa shape index (κ1) is 12.2. The summed E-state index contributed by atoms with van der Waals surface area (Å²) in [6.07, 6.45) is 1.54. The van der Waals surface area contributed by atoms with Crippen molar-refractivity contribution in [3.05, 3.63) is 82.2 Å². The lowest BCUT2D eigenvalue weighted by Crippen LogP contribution is -2.10. The van der Waals surface area contributed by atoms with Gasteiger partial charge in [0.2, 0.25) is 0 Å². The number of fused-ring (bicyclic) bond motifs is 1. The van der Waals surface area contributed by atoms with Crippen LogP contribution in [0.5, 0.6) is 0 Å². The Kier molecular flexibility index (Phi) is 3.22. The van der Waals surface area contributed by atoms with Crippen LogP contribution in [0.3, 0.4) is 0 Å². The summed E-state index contributed by atoms with van der Waals surface area (Å²) in [5, 5.41) is 0.611. The molecule has 19 heavy (non-hydrogen) atoms. The average Bonchev–Trinajstić information content (AvgIpc) is 2.48. The van der Waals surface area contributed by atoms with Crippen molar-refractivity contribution in [1.82, 2.24) is 0 Å². The summed E-state index contributed by atoms with van der Waals surface area (Å²) in [7, 11) is 0. The van der Waals surface area contributed by atoms with Gasteiger partial charge in [0.1, 0.15) is 5.58 Å². The molecular formula is C16H11BrO2. The van der Waals surface area contributed by atoms with E-state index in [-0.39, 0.29) is 10.3 Å². The first-order chi connectivity index (χ1) is 9.27. The van der Waals surface area contributed by atoms with E-state index in [2.05, 4.69) is 15.9 Å². The summed E-state index contributed by atoms with van der Waals surface area (Å²) >= 11 is 3.57. The Balaban J connectivity index is 2.16. The van der Waals surface area contributed by atoms with Crippen molar-refractivity contribution >= 4 is 26.9 Å². The van der Waals surface area contributed by atoms with E-state index in [0.717, 1.165) is 5.56 Å². The third-order valence-corrected chi connectivity index (χ3v) is 4.09. The predicted octanol–water partition coefficient (Wildman–Crippen LogP) is 4.28. The van der Waals surface area contributed by atoms with Crippen LogP contribution in [-0.2, 0) is 0 Å². The second kappa shape index (κ2) is 5.02. The molecule has 1 aromatic heterocycles. The lowest BCUT2D eigenvalue weighted by atomic mass is 10.0. The number of rotatable bonds is 2. The molecule has 2 aromatic carbocycles. The van der Waals surface area contributed by atoms with Crippen LogP contribution in [-0.4, -0.2) is 0 Å². The van der Waals surface area contributed by atoms with Gasteiger partial charge in [0, 0.05) is 0 Å². The van der Waals surface area contributed by atoms with Crippen LogP contribution in [0.1, 0.15) is 16.0 Å². The van der Waals surface area contributed by atoms with Gasteiger partial charge in [-0.3, -0.25) is 4.79 Å². The van der Waals surface area contributed by atoms with Gasteiger partial charge in [-0.15, -0.1) is 0 Å². The zero-order chi connectivity index (χ0) is 13.2. The molecular weight excluding hydrogens is 304 g/mol. The van der Waals surface area contributed by atoms with Gasteiger partial charge in [0.15, 0.2) is 5.43 Å². The number of alkyl halides is 1. The van der Waals surface area contributed by atoms with Gasteiger partial charge in [-0.1, -0.05) is 58.4 Å². The normalized spacial score (nSPS) is 12.5. The summed E-state index contributed by atoms with van der Waals surface area (Å²) in [5.41, 5.74) is 2.27. The molecule has 3 heteroatoms. The highest BCUT2D eigenvalue weighted by Gasteiger charge is 2.16. The number of halogens is 1. The van der Waals surface area contributed by atoms with Crippen molar-refractivity contribution in [3.63, 3.8) is 0 Å². The third-order valence-electron chi connectivity index (χ3n) is 3.07. The molecule has 94 valence electrons. The fourth-order valence-electron chi connectivity index (χ4n) is 2.07. The number of hydrogen-bond donors (Lipinski definition) is 0. The van der Waals surface area contributed by atoms with E-state index in [1.165, 1.54) is 6.26 Å². The minimum absolute atomic E-state index is 0.00702. The number of benzene rings is 2. The molecule has 0 aliphatic heterocycles. The topological polar surface area (TPSA) is 30.2 Å². The predicted molar refractivity (Wildman–Crippen MR) is 79.7 cm³/mol. The van der Waals surface area contributed by atoms with Crippen LogP contribution in [0.4, 0.5) is 0 Å². The third kappa shape index (κ3) is 2.22. The SMILES string of the molecule is O=c1c(C(Br)c2ccccc2)coc2ccccc12. The van der Waals surface area contributed by atoms with Crippen LogP contribution in [0.25, 0.3) is 11.0 Å². The van der Waals surface area contributed by atoms with Gasteiger partial charge in [-0.2, -0.15) is 0 Å². The van der Waals surface area contributed by atoms with Crippen molar-refractivity contribution < 1.29 is 4.42 Å². The number of para-hydroxylation sites is 1. The molecule has 3 aromatic rings. The maximum absolute atomic E-state index is 12.5. The standard InChI is InChI=1S/C16H11BrO2/c17-15(11-6-2-1-3-7-11)13-10-19-14-9-5-4-8-12(14)16(13)18/h1-10,15H. The molecule has 0 saturated carbocycles. The van der Waals surface area contributed by atoms with Crippen molar-refractivity contribution in [2.45, 2.75) is 4.83 Å². The van der Waals surface area contributed by atoms with Gasteiger partial charge < -0.3 is 4.42 Å². The summed E-state index contributed by atoms with van der Waals surface area (Å²) in [6, 6.07) is 17.1. The van der Waals surface area contributed by atoms with Gasteiger partial charge in [-0.25, -0.2) is 0 Å². The van der Waals surface area contributed by atoms with Crippen LogP contribution in [0, 0.1) is 0 Å². The Morgan fingerprint density at radius 3 is 2.42 bits per heavy atom. The molecule has 3 rings (SSSR count). The monoisotopic (exact) mass is 314 g/mol. The quantitative estimate of drug-likeness (QED) is 0.661. The highest BCUT2D eigenvalue weighted by molar-refractivity contribution is 9.09. The van der Waals surface area contributed by atoms with Crippen molar-refractivity contribution in [3.8, 4) is 0 Å². The van der Waals surface area contributed by atoms with Crippen molar-refractivity contribution in [2.24, 2.45) is 0 Å². The number of hydrogen-bond acceptors (Lipinski definition) is 2. The van der Waals surface area contributed by atoms with E-state index in [9.17, 15) is 4.79 Å². The summed E-state index contributed by atoms with van der Waals surface area (Å²) in [5.74, 6) is 0. The van der Waals surface area contributed by atoms with Crippen LogP contribution < -0.4 is 5.43 Å². The second-order valence-electron chi connectivity index (χ2n) is 4.29. The second-order valence-corrected chi connectivity index (χ2v) is 5.21. The molecule has 1 unspecified atom stereocenters. The molecule has 0 radical (unpaired) electrons. The molecule has 1 heterocycles. The Hall–Kier alpha value is -1.87.